The molecule has 0 aromatic heterocycles. The Morgan fingerprint density at radius 2 is 1.94 bits per heavy atom. The molecule has 0 unspecified atom stereocenters. The minimum absolute atomic E-state index is 0.0625. The summed E-state index contributed by atoms with van der Waals surface area (Å²) < 4.78 is 0. The molecular formula is C12H17N5. The van der Waals surface area contributed by atoms with Gasteiger partial charge < -0.3 is 16.4 Å². The smallest absolute Gasteiger partial charge is 0.221 e. The zero-order valence-corrected chi connectivity index (χ0v) is 9.69. The Kier molecular flexibility index (Phi) is 3.27. The summed E-state index contributed by atoms with van der Waals surface area (Å²) in [5, 5.41) is 7.83. The number of nitrogens with two attached hydrogens (primary N) is 2. The van der Waals surface area contributed by atoms with Crippen molar-refractivity contribution in [2.75, 3.05) is 6.54 Å². The highest BCUT2D eigenvalue weighted by Gasteiger charge is 2.15. The quantitative estimate of drug-likeness (QED) is 0.452. The predicted molar refractivity (Wildman–Crippen MR) is 68.7 cm³/mol. The number of hydrogen-bond acceptors (Lipinski definition) is 1. The maximum absolute atomic E-state index is 7.83. The van der Waals surface area contributed by atoms with Crippen LogP contribution >= 0.6 is 0 Å². The van der Waals surface area contributed by atoms with Gasteiger partial charge >= 0.3 is 0 Å². The van der Waals surface area contributed by atoms with Gasteiger partial charge in [-0.2, -0.15) is 4.99 Å². The number of aryl methyl sites for hydroxylation is 1. The van der Waals surface area contributed by atoms with E-state index in [0.29, 0.717) is 6.54 Å². The number of fused-ring (bicyclic) bond motifs is 1. The lowest BCUT2D eigenvalue weighted by atomic mass is 10.0. The summed E-state index contributed by atoms with van der Waals surface area (Å²) in [5.74, 6) is 0.0780. The molecule has 5 nitrogen and oxygen atoms in total. The molecule has 5 heteroatoms. The van der Waals surface area contributed by atoms with Crippen LogP contribution in [0.1, 0.15) is 17.5 Å². The van der Waals surface area contributed by atoms with Gasteiger partial charge in [0.05, 0.1) is 0 Å². The van der Waals surface area contributed by atoms with Crippen molar-refractivity contribution in [3.05, 3.63) is 35.4 Å². The van der Waals surface area contributed by atoms with Crippen LogP contribution < -0.4 is 11.5 Å². The summed E-state index contributed by atoms with van der Waals surface area (Å²) in [6.45, 7) is 1.51. The van der Waals surface area contributed by atoms with E-state index in [1.807, 2.05) is 11.0 Å². The van der Waals surface area contributed by atoms with Crippen LogP contribution in [0.15, 0.2) is 29.3 Å². The maximum Gasteiger partial charge on any atom is 0.221 e. The molecule has 0 saturated heterocycles. The third-order valence-electron chi connectivity index (χ3n) is 2.89. The third-order valence-corrected chi connectivity index (χ3v) is 2.89. The van der Waals surface area contributed by atoms with Crippen molar-refractivity contribution >= 4 is 11.9 Å². The van der Waals surface area contributed by atoms with Crippen molar-refractivity contribution in [2.24, 2.45) is 16.5 Å². The average Bonchev–Trinajstić information content (AvgIpc) is 2.49. The lowest BCUT2D eigenvalue weighted by molar-refractivity contribution is 0.410. The molecule has 1 aliphatic heterocycles. The molecule has 90 valence electrons. The highest BCUT2D eigenvalue weighted by atomic mass is 15.3. The molecule has 1 aliphatic rings. The molecule has 2 rings (SSSR count). The Labute approximate surface area is 101 Å². The predicted octanol–water partition coefficient (Wildman–Crippen LogP) is 0.643. The first-order chi connectivity index (χ1) is 8.16. The van der Waals surface area contributed by atoms with Gasteiger partial charge in [0.15, 0.2) is 5.96 Å². The van der Waals surface area contributed by atoms with E-state index in [-0.39, 0.29) is 11.9 Å². The van der Waals surface area contributed by atoms with Gasteiger partial charge in [-0.1, -0.05) is 24.3 Å². The lowest BCUT2D eigenvalue weighted by Crippen LogP contribution is -2.33. The van der Waals surface area contributed by atoms with Crippen molar-refractivity contribution in [3.8, 4) is 0 Å². The molecule has 0 bridgehead atoms. The van der Waals surface area contributed by atoms with E-state index in [4.69, 9.17) is 16.9 Å². The van der Waals surface area contributed by atoms with Crippen LogP contribution in [0.25, 0.3) is 0 Å². The van der Waals surface area contributed by atoms with Crippen molar-refractivity contribution < 1.29 is 0 Å². The molecule has 0 radical (unpaired) electrons. The van der Waals surface area contributed by atoms with Crippen molar-refractivity contribution in [2.45, 2.75) is 19.4 Å². The standard InChI is InChI=1S/C12H17N5/c13-11(14)16-12(15)17-7-3-6-9-4-1-2-5-10(9)8-17/h1-2,4-5H,3,6-8H2,(H5,13,14,15,16). The minimum Gasteiger partial charge on any atom is -0.370 e. The van der Waals surface area contributed by atoms with E-state index in [1.165, 1.54) is 11.1 Å². The van der Waals surface area contributed by atoms with Gasteiger partial charge in [0.2, 0.25) is 5.96 Å². The van der Waals surface area contributed by atoms with Crippen LogP contribution in [-0.4, -0.2) is 23.4 Å². The molecule has 0 atom stereocenters. The fourth-order valence-corrected chi connectivity index (χ4v) is 2.07. The highest BCUT2D eigenvalue weighted by Crippen LogP contribution is 2.18. The van der Waals surface area contributed by atoms with Crippen LogP contribution in [0, 0.1) is 5.41 Å². The second-order valence-electron chi connectivity index (χ2n) is 4.15. The Morgan fingerprint density at radius 3 is 2.65 bits per heavy atom. The molecular weight excluding hydrogens is 214 g/mol. The van der Waals surface area contributed by atoms with Crippen LogP contribution in [0.2, 0.25) is 0 Å². The van der Waals surface area contributed by atoms with E-state index in [1.54, 1.807) is 0 Å². The van der Waals surface area contributed by atoms with Gasteiger partial charge in [0.25, 0.3) is 0 Å². The minimum atomic E-state index is -0.0625. The van der Waals surface area contributed by atoms with E-state index in [0.717, 1.165) is 19.4 Å². The molecule has 1 heterocycles. The largest absolute Gasteiger partial charge is 0.370 e. The molecule has 0 saturated carbocycles. The normalized spacial score (nSPS) is 14.7. The molecule has 0 fully saturated rings. The Bertz CT molecular complexity index is 448. The fourth-order valence-electron chi connectivity index (χ4n) is 2.07. The molecule has 17 heavy (non-hydrogen) atoms. The number of hydrogen-bond donors (Lipinski definition) is 3. The summed E-state index contributed by atoms with van der Waals surface area (Å²) in [6, 6.07) is 8.31. The Morgan fingerprint density at radius 1 is 1.24 bits per heavy atom. The zero-order chi connectivity index (χ0) is 12.3. The number of benzene rings is 1. The highest BCUT2D eigenvalue weighted by molar-refractivity contribution is 5.91. The van der Waals surface area contributed by atoms with Crippen LogP contribution in [0.4, 0.5) is 0 Å². The average molecular weight is 231 g/mol. The van der Waals surface area contributed by atoms with Crippen molar-refractivity contribution in [1.82, 2.24) is 4.90 Å². The lowest BCUT2D eigenvalue weighted by Gasteiger charge is -2.20. The molecule has 5 N–H and O–H groups in total. The number of nitrogens with one attached hydrogen (secondary N) is 1. The van der Waals surface area contributed by atoms with E-state index >= 15 is 0 Å². The summed E-state index contributed by atoms with van der Waals surface area (Å²) in [7, 11) is 0. The van der Waals surface area contributed by atoms with Crippen LogP contribution in [-0.2, 0) is 13.0 Å². The number of rotatable bonds is 0. The number of aliphatic imine (C=N–C) groups is 1. The topological polar surface area (TPSA) is 91.5 Å². The second kappa shape index (κ2) is 4.86. The number of guanidine groups is 2. The number of nitrogens with zero attached hydrogens (tertiary/aromatic N) is 2. The van der Waals surface area contributed by atoms with Crippen LogP contribution in [0.5, 0.6) is 0 Å². The fraction of sp³-hybridized carbons (Fsp3) is 0.333. The maximum atomic E-state index is 7.83. The van der Waals surface area contributed by atoms with Gasteiger partial charge in [-0.15, -0.1) is 0 Å². The van der Waals surface area contributed by atoms with E-state index in [2.05, 4.69) is 23.2 Å². The summed E-state index contributed by atoms with van der Waals surface area (Å²) in [4.78, 5) is 5.69. The SMILES string of the molecule is N=C(N=C(N)N)N1CCCc2ccccc2C1. The molecule has 1 aromatic rings. The molecule has 0 amide bonds. The first-order valence-corrected chi connectivity index (χ1v) is 5.67. The van der Waals surface area contributed by atoms with E-state index < -0.39 is 0 Å². The zero-order valence-electron chi connectivity index (χ0n) is 9.69. The Balaban J connectivity index is 2.18. The van der Waals surface area contributed by atoms with Gasteiger partial charge in [0, 0.05) is 13.1 Å². The van der Waals surface area contributed by atoms with Crippen molar-refractivity contribution in [1.29, 1.82) is 5.41 Å². The monoisotopic (exact) mass is 231 g/mol. The Hall–Kier alpha value is -2.04. The molecule has 0 aliphatic carbocycles. The van der Waals surface area contributed by atoms with Gasteiger partial charge in [-0.3, -0.25) is 5.41 Å². The third kappa shape index (κ3) is 2.75. The first kappa shape index (κ1) is 11.4. The second-order valence-corrected chi connectivity index (χ2v) is 4.15. The van der Waals surface area contributed by atoms with Gasteiger partial charge in [-0.25, -0.2) is 0 Å². The van der Waals surface area contributed by atoms with Crippen molar-refractivity contribution in [3.63, 3.8) is 0 Å². The van der Waals surface area contributed by atoms with Gasteiger partial charge in [0.1, 0.15) is 0 Å². The van der Waals surface area contributed by atoms with E-state index in [9.17, 15) is 0 Å². The summed E-state index contributed by atoms with van der Waals surface area (Å²) >= 11 is 0. The van der Waals surface area contributed by atoms with Crippen LogP contribution in [0.3, 0.4) is 0 Å². The van der Waals surface area contributed by atoms with Gasteiger partial charge in [-0.05, 0) is 24.0 Å². The molecule has 0 spiro atoms. The first-order valence-electron chi connectivity index (χ1n) is 5.67. The molecule has 1 aromatic carbocycles. The summed E-state index contributed by atoms with van der Waals surface area (Å²) in [5.41, 5.74) is 13.2. The summed E-state index contributed by atoms with van der Waals surface area (Å²) in [6.07, 6.45) is 2.06.